The van der Waals surface area contributed by atoms with E-state index in [0.29, 0.717) is 5.56 Å². The Labute approximate surface area is 67.6 Å². The molecule has 1 rings (SSSR count). The first-order valence-electron chi connectivity index (χ1n) is 2.76. The minimum Gasteiger partial charge on any atom is -0.858 e. The third-order valence-corrected chi connectivity index (χ3v) is 1.42. The lowest BCUT2D eigenvalue weighted by Crippen LogP contribution is -2.17. The van der Waals surface area contributed by atoms with E-state index in [4.69, 9.17) is 0 Å². The van der Waals surface area contributed by atoms with Gasteiger partial charge < -0.3 is 5.11 Å². The van der Waals surface area contributed by atoms with Crippen LogP contribution in [0.5, 0.6) is 0 Å². The van der Waals surface area contributed by atoms with Gasteiger partial charge in [0.1, 0.15) is 0 Å². The number of halogens is 1. The van der Waals surface area contributed by atoms with Crippen LogP contribution >= 0.6 is 16.1 Å². The average molecular weight is 199 g/mol. The van der Waals surface area contributed by atoms with E-state index < -0.39 is 0 Å². The zero-order chi connectivity index (χ0) is 7.40. The molecule has 0 aliphatic carbocycles. The van der Waals surface area contributed by atoms with Crippen molar-refractivity contribution in [2.45, 2.75) is 0 Å². The van der Waals surface area contributed by atoms with E-state index in [1.54, 1.807) is 24.3 Å². The maximum atomic E-state index is 10.8. The van der Waals surface area contributed by atoms with E-state index in [0.717, 1.165) is 0 Å². The summed E-state index contributed by atoms with van der Waals surface area (Å²) in [6, 6.07) is 8.88. The Hall–Kier alpha value is -0.830. The molecule has 0 bridgehead atoms. The minimum absolute atomic E-state index is 0.249. The van der Waals surface area contributed by atoms with Crippen molar-refractivity contribution < 1.29 is 5.11 Å². The van der Waals surface area contributed by atoms with Crippen LogP contribution in [0.15, 0.2) is 34.4 Å². The summed E-state index contributed by atoms with van der Waals surface area (Å²) in [5.41, 5.74) is 0.597. The van der Waals surface area contributed by atoms with Crippen molar-refractivity contribution in [1.29, 1.82) is 0 Å². The van der Waals surface area contributed by atoms with Gasteiger partial charge in [-0.1, -0.05) is 30.3 Å². The highest BCUT2D eigenvalue weighted by molar-refractivity contribution is 9.08. The Balaban J connectivity index is 2.96. The second kappa shape index (κ2) is 3.37. The summed E-state index contributed by atoms with van der Waals surface area (Å²) in [5, 5.41) is 10.8. The average Bonchev–Trinajstić information content (AvgIpc) is 2.05. The van der Waals surface area contributed by atoms with Crippen LogP contribution in [-0.2, 0) is 0 Å². The molecule has 0 aliphatic heterocycles. The second-order valence-corrected chi connectivity index (χ2v) is 2.11. The molecule has 10 heavy (non-hydrogen) atoms. The standard InChI is InChI=1S/C7H6BrNO/c8-9-7(10)6-4-2-1-3-5-6/h1-5H,(H,9,10)/p-1. The van der Waals surface area contributed by atoms with E-state index >= 15 is 0 Å². The first-order chi connectivity index (χ1) is 4.84. The summed E-state index contributed by atoms with van der Waals surface area (Å²) in [5.74, 6) is -0.249. The SMILES string of the molecule is [O-]C(=NBr)c1ccccc1. The largest absolute Gasteiger partial charge is 0.858 e. The van der Waals surface area contributed by atoms with Crippen LogP contribution in [0.3, 0.4) is 0 Å². The van der Waals surface area contributed by atoms with E-state index in [-0.39, 0.29) is 5.90 Å². The third-order valence-electron chi connectivity index (χ3n) is 1.10. The van der Waals surface area contributed by atoms with Gasteiger partial charge in [-0.25, -0.2) is 4.02 Å². The van der Waals surface area contributed by atoms with Crippen molar-refractivity contribution in [2.24, 2.45) is 4.02 Å². The van der Waals surface area contributed by atoms with Crippen LogP contribution in [0.4, 0.5) is 0 Å². The van der Waals surface area contributed by atoms with E-state index in [9.17, 15) is 5.11 Å². The summed E-state index contributed by atoms with van der Waals surface area (Å²) >= 11 is 2.73. The molecular formula is C7H5BrNO-. The van der Waals surface area contributed by atoms with E-state index in [2.05, 4.69) is 20.2 Å². The van der Waals surface area contributed by atoms with E-state index in [1.807, 2.05) is 6.07 Å². The number of rotatable bonds is 1. The van der Waals surface area contributed by atoms with Crippen molar-refractivity contribution in [3.8, 4) is 0 Å². The first-order valence-corrected chi connectivity index (χ1v) is 3.47. The van der Waals surface area contributed by atoms with Gasteiger partial charge in [-0.3, -0.25) is 0 Å². The maximum absolute atomic E-state index is 10.8. The zero-order valence-corrected chi connectivity index (χ0v) is 6.71. The first kappa shape index (κ1) is 7.28. The molecule has 0 aromatic heterocycles. The molecule has 0 N–H and O–H groups in total. The summed E-state index contributed by atoms with van der Waals surface area (Å²) in [7, 11) is 0. The van der Waals surface area contributed by atoms with Crippen LogP contribution in [0.2, 0.25) is 0 Å². The molecule has 0 saturated carbocycles. The zero-order valence-electron chi connectivity index (χ0n) is 5.12. The maximum Gasteiger partial charge on any atom is 0.0727 e. The lowest BCUT2D eigenvalue weighted by Gasteiger charge is -2.06. The predicted octanol–water partition coefficient (Wildman–Crippen LogP) is 1.10. The lowest BCUT2D eigenvalue weighted by molar-refractivity contribution is -0.212. The fourth-order valence-electron chi connectivity index (χ4n) is 0.630. The van der Waals surface area contributed by atoms with Gasteiger partial charge in [-0.2, -0.15) is 0 Å². The third kappa shape index (κ3) is 1.57. The molecule has 0 aliphatic rings. The van der Waals surface area contributed by atoms with Gasteiger partial charge in [0.15, 0.2) is 0 Å². The Morgan fingerprint density at radius 1 is 1.30 bits per heavy atom. The molecule has 0 atom stereocenters. The molecule has 0 saturated heterocycles. The van der Waals surface area contributed by atoms with E-state index in [1.165, 1.54) is 0 Å². The van der Waals surface area contributed by atoms with Crippen molar-refractivity contribution in [3.05, 3.63) is 35.9 Å². The highest BCUT2D eigenvalue weighted by Gasteiger charge is 1.85. The van der Waals surface area contributed by atoms with Crippen molar-refractivity contribution in [1.82, 2.24) is 0 Å². The van der Waals surface area contributed by atoms with Gasteiger partial charge in [0, 0.05) is 5.90 Å². The van der Waals surface area contributed by atoms with Gasteiger partial charge in [-0.15, -0.1) is 0 Å². The van der Waals surface area contributed by atoms with Crippen LogP contribution in [0.1, 0.15) is 5.56 Å². The molecule has 52 valence electrons. The molecular weight excluding hydrogens is 194 g/mol. The van der Waals surface area contributed by atoms with Gasteiger partial charge in [0.2, 0.25) is 0 Å². The monoisotopic (exact) mass is 198 g/mol. The highest BCUT2D eigenvalue weighted by atomic mass is 79.9. The Morgan fingerprint density at radius 2 is 1.90 bits per heavy atom. The summed E-state index contributed by atoms with van der Waals surface area (Å²) in [4.78, 5) is 0. The molecule has 0 fully saturated rings. The van der Waals surface area contributed by atoms with Crippen LogP contribution in [0, 0.1) is 0 Å². The normalized spacial score (nSPS) is 11.5. The molecule has 0 heterocycles. The van der Waals surface area contributed by atoms with Crippen molar-refractivity contribution in [2.75, 3.05) is 0 Å². The van der Waals surface area contributed by atoms with Crippen LogP contribution < -0.4 is 5.11 Å². The van der Waals surface area contributed by atoms with Gasteiger partial charge in [0.05, 0.1) is 16.1 Å². The van der Waals surface area contributed by atoms with Crippen LogP contribution in [0.25, 0.3) is 0 Å². The molecule has 2 nitrogen and oxygen atoms in total. The molecule has 3 heteroatoms. The minimum atomic E-state index is -0.249. The molecule has 0 radical (unpaired) electrons. The molecule has 0 amide bonds. The molecule has 0 unspecified atom stereocenters. The predicted molar refractivity (Wildman–Crippen MR) is 41.9 cm³/mol. The molecule has 1 aromatic rings. The van der Waals surface area contributed by atoms with Crippen molar-refractivity contribution in [3.63, 3.8) is 0 Å². The summed E-state index contributed by atoms with van der Waals surface area (Å²) in [6.07, 6.45) is 0. The number of hydrogen-bond donors (Lipinski definition) is 0. The smallest absolute Gasteiger partial charge is 0.0727 e. The van der Waals surface area contributed by atoms with Crippen LogP contribution in [-0.4, -0.2) is 5.90 Å². The van der Waals surface area contributed by atoms with Gasteiger partial charge in [-0.05, 0) is 5.56 Å². The Morgan fingerprint density at radius 3 is 2.40 bits per heavy atom. The Bertz CT molecular complexity index is 233. The number of hydrogen-bond acceptors (Lipinski definition) is 2. The summed E-state index contributed by atoms with van der Waals surface area (Å²) in [6.45, 7) is 0. The fraction of sp³-hybridized carbons (Fsp3) is 0. The van der Waals surface area contributed by atoms with Gasteiger partial charge in [0.25, 0.3) is 0 Å². The van der Waals surface area contributed by atoms with Crippen molar-refractivity contribution >= 4 is 22.0 Å². The quantitative estimate of drug-likeness (QED) is 0.492. The Kier molecular flexibility index (Phi) is 2.45. The topological polar surface area (TPSA) is 35.4 Å². The molecule has 0 spiro atoms. The highest BCUT2D eigenvalue weighted by Crippen LogP contribution is 1.98. The summed E-state index contributed by atoms with van der Waals surface area (Å²) < 4.78 is 3.33. The fourth-order valence-corrected chi connectivity index (χ4v) is 0.834. The lowest BCUT2D eigenvalue weighted by atomic mass is 10.2. The van der Waals surface area contributed by atoms with Gasteiger partial charge >= 0.3 is 0 Å². The second-order valence-electron chi connectivity index (χ2n) is 1.76. The number of nitrogens with zero attached hydrogens (tertiary/aromatic N) is 1. The molecule has 1 aromatic carbocycles. The number of benzene rings is 1.